The van der Waals surface area contributed by atoms with Crippen molar-refractivity contribution in [3.05, 3.63) is 65.2 Å². The second kappa shape index (κ2) is 13.2. The molecule has 4 N–H and O–H groups in total. The third kappa shape index (κ3) is 7.91. The predicted molar refractivity (Wildman–Crippen MR) is 145 cm³/mol. The van der Waals surface area contributed by atoms with Crippen molar-refractivity contribution in [3.8, 4) is 11.8 Å². The van der Waals surface area contributed by atoms with Gasteiger partial charge in [-0.1, -0.05) is 41.7 Å². The SMILES string of the molecule is CC(=O)NC(CC#Cc1ccc(CC(NC(=O)[C@@H]2CCCN2S(=O)(=O)c2ccc(C)cc2)C(=O)O)cc1)C(=O)O. The fourth-order valence-electron chi connectivity index (χ4n) is 4.26. The smallest absolute Gasteiger partial charge is 0.327 e. The van der Waals surface area contributed by atoms with Gasteiger partial charge in [-0.2, -0.15) is 4.31 Å². The molecule has 1 saturated heterocycles. The van der Waals surface area contributed by atoms with E-state index in [1.54, 1.807) is 36.4 Å². The van der Waals surface area contributed by atoms with Crippen LogP contribution in [0.3, 0.4) is 0 Å². The number of aliphatic carboxylic acids is 2. The largest absolute Gasteiger partial charge is 0.480 e. The van der Waals surface area contributed by atoms with Crippen LogP contribution >= 0.6 is 0 Å². The van der Waals surface area contributed by atoms with Crippen LogP contribution in [-0.2, 0) is 35.6 Å². The lowest BCUT2D eigenvalue weighted by Crippen LogP contribution is -2.51. The van der Waals surface area contributed by atoms with Crippen LogP contribution < -0.4 is 10.6 Å². The van der Waals surface area contributed by atoms with E-state index in [1.807, 2.05) is 6.92 Å². The summed E-state index contributed by atoms with van der Waals surface area (Å²) in [6, 6.07) is 9.42. The lowest BCUT2D eigenvalue weighted by molar-refractivity contribution is -0.142. The van der Waals surface area contributed by atoms with Gasteiger partial charge in [0.2, 0.25) is 21.8 Å². The minimum absolute atomic E-state index is 0.0458. The Morgan fingerprint density at radius 2 is 1.60 bits per heavy atom. The van der Waals surface area contributed by atoms with Crippen LogP contribution in [0.2, 0.25) is 0 Å². The quantitative estimate of drug-likeness (QED) is 0.310. The lowest BCUT2D eigenvalue weighted by Gasteiger charge is -2.25. The number of aryl methyl sites for hydroxylation is 1. The molecular formula is C28H31N3O8S. The number of amides is 2. The summed E-state index contributed by atoms with van der Waals surface area (Å²) in [5, 5.41) is 23.7. The van der Waals surface area contributed by atoms with Crippen molar-refractivity contribution >= 4 is 33.8 Å². The number of rotatable bonds is 10. The van der Waals surface area contributed by atoms with Crippen molar-refractivity contribution in [2.75, 3.05) is 6.54 Å². The van der Waals surface area contributed by atoms with E-state index in [0.29, 0.717) is 17.5 Å². The van der Waals surface area contributed by atoms with E-state index in [9.17, 15) is 32.7 Å². The molecule has 0 bridgehead atoms. The number of nitrogens with one attached hydrogen (secondary N) is 2. The Labute approximate surface area is 232 Å². The molecule has 1 aliphatic rings. The zero-order chi connectivity index (χ0) is 29.4. The number of hydrogen-bond acceptors (Lipinski definition) is 6. The van der Waals surface area contributed by atoms with E-state index in [0.717, 1.165) is 9.87 Å². The normalized spacial score (nSPS) is 16.7. The molecule has 40 heavy (non-hydrogen) atoms. The van der Waals surface area contributed by atoms with Crippen LogP contribution in [0.1, 0.15) is 42.9 Å². The van der Waals surface area contributed by atoms with Crippen molar-refractivity contribution in [2.45, 2.75) is 62.6 Å². The first-order valence-electron chi connectivity index (χ1n) is 12.6. The Kier molecular flexibility index (Phi) is 10.0. The minimum atomic E-state index is -3.93. The summed E-state index contributed by atoms with van der Waals surface area (Å²) >= 11 is 0. The molecule has 212 valence electrons. The van der Waals surface area contributed by atoms with Gasteiger partial charge < -0.3 is 20.8 Å². The zero-order valence-electron chi connectivity index (χ0n) is 22.1. The van der Waals surface area contributed by atoms with Gasteiger partial charge in [-0.15, -0.1) is 0 Å². The van der Waals surface area contributed by atoms with E-state index in [1.165, 1.54) is 19.1 Å². The third-order valence-electron chi connectivity index (χ3n) is 6.36. The van der Waals surface area contributed by atoms with Gasteiger partial charge in [0.25, 0.3) is 0 Å². The Balaban J connectivity index is 1.66. The van der Waals surface area contributed by atoms with Crippen LogP contribution in [0.25, 0.3) is 0 Å². The summed E-state index contributed by atoms with van der Waals surface area (Å²) in [5.74, 6) is 1.89. The molecule has 1 heterocycles. The van der Waals surface area contributed by atoms with Crippen LogP contribution in [-0.4, -0.2) is 71.4 Å². The van der Waals surface area contributed by atoms with Gasteiger partial charge >= 0.3 is 11.9 Å². The number of carboxylic acid groups (broad SMARTS) is 2. The zero-order valence-corrected chi connectivity index (χ0v) is 22.9. The first-order chi connectivity index (χ1) is 18.9. The summed E-state index contributed by atoms with van der Waals surface area (Å²) in [5.41, 5.74) is 2.04. The van der Waals surface area contributed by atoms with Crippen LogP contribution in [0.15, 0.2) is 53.4 Å². The molecule has 0 spiro atoms. The molecule has 0 aromatic heterocycles. The number of benzene rings is 2. The summed E-state index contributed by atoms with van der Waals surface area (Å²) in [6.45, 7) is 3.21. The Morgan fingerprint density at radius 3 is 2.17 bits per heavy atom. The molecular weight excluding hydrogens is 538 g/mol. The topological polar surface area (TPSA) is 170 Å². The second-order valence-electron chi connectivity index (χ2n) is 9.48. The van der Waals surface area contributed by atoms with Crippen molar-refractivity contribution < 1.29 is 37.8 Å². The number of carbonyl (C=O) groups is 4. The van der Waals surface area contributed by atoms with Gasteiger partial charge in [-0.3, -0.25) is 9.59 Å². The second-order valence-corrected chi connectivity index (χ2v) is 11.4. The number of sulfonamides is 1. The fourth-order valence-corrected chi connectivity index (χ4v) is 5.92. The summed E-state index contributed by atoms with van der Waals surface area (Å²) in [6.07, 6.45) is 0.611. The van der Waals surface area contributed by atoms with E-state index in [4.69, 9.17) is 5.11 Å². The Bertz CT molecular complexity index is 1430. The summed E-state index contributed by atoms with van der Waals surface area (Å²) in [7, 11) is -3.93. The highest BCUT2D eigenvalue weighted by Crippen LogP contribution is 2.26. The number of hydrogen-bond donors (Lipinski definition) is 4. The molecule has 3 atom stereocenters. The number of carboxylic acids is 2. The van der Waals surface area contributed by atoms with Crippen molar-refractivity contribution in [1.82, 2.24) is 14.9 Å². The maximum Gasteiger partial charge on any atom is 0.327 e. The van der Waals surface area contributed by atoms with E-state index in [2.05, 4.69) is 22.5 Å². The van der Waals surface area contributed by atoms with Gasteiger partial charge in [0, 0.05) is 31.9 Å². The average molecular weight is 570 g/mol. The molecule has 2 amide bonds. The third-order valence-corrected chi connectivity index (χ3v) is 8.28. The fraction of sp³-hybridized carbons (Fsp3) is 0.357. The minimum Gasteiger partial charge on any atom is -0.480 e. The van der Waals surface area contributed by atoms with Gasteiger partial charge in [-0.25, -0.2) is 18.0 Å². The number of carbonyl (C=O) groups excluding carboxylic acids is 2. The van der Waals surface area contributed by atoms with E-state index in [-0.39, 0.29) is 30.7 Å². The first-order valence-corrected chi connectivity index (χ1v) is 14.0. The van der Waals surface area contributed by atoms with E-state index < -0.39 is 51.9 Å². The van der Waals surface area contributed by atoms with Crippen molar-refractivity contribution in [2.24, 2.45) is 0 Å². The van der Waals surface area contributed by atoms with Gasteiger partial charge in [-0.05, 0) is 49.6 Å². The highest BCUT2D eigenvalue weighted by molar-refractivity contribution is 7.89. The summed E-state index contributed by atoms with van der Waals surface area (Å²) < 4.78 is 27.5. The molecule has 0 aliphatic carbocycles. The standard InChI is InChI=1S/C28H31N3O8S/c1-18-8-14-22(15-9-18)40(38,39)31-16-4-7-25(31)26(33)30-24(28(36)37)17-21-12-10-20(11-13-21)5-3-6-23(27(34)35)29-19(2)32/h8-15,23-25H,4,6-7,16-17H2,1-2H3,(H,29,32)(H,30,33)(H,34,35)(H,36,37)/t23?,24?,25-/m0/s1. The van der Waals surface area contributed by atoms with Crippen LogP contribution in [0, 0.1) is 18.8 Å². The predicted octanol–water partition coefficient (Wildman–Crippen LogP) is 1.29. The highest BCUT2D eigenvalue weighted by atomic mass is 32.2. The van der Waals surface area contributed by atoms with Gasteiger partial charge in [0.1, 0.15) is 18.1 Å². The maximum atomic E-state index is 13.2. The molecule has 3 rings (SSSR count). The molecule has 1 fully saturated rings. The summed E-state index contributed by atoms with van der Waals surface area (Å²) in [4.78, 5) is 47.4. The molecule has 12 heteroatoms. The average Bonchev–Trinajstić information content (AvgIpc) is 3.40. The Morgan fingerprint density at radius 1 is 0.975 bits per heavy atom. The van der Waals surface area contributed by atoms with Crippen molar-refractivity contribution in [3.63, 3.8) is 0 Å². The Hall–Kier alpha value is -4.21. The van der Waals surface area contributed by atoms with Gasteiger partial charge in [0.15, 0.2) is 0 Å². The maximum absolute atomic E-state index is 13.2. The van der Waals surface area contributed by atoms with Crippen molar-refractivity contribution in [1.29, 1.82) is 0 Å². The molecule has 1 aliphatic heterocycles. The van der Waals surface area contributed by atoms with Crippen LogP contribution in [0.5, 0.6) is 0 Å². The molecule has 0 radical (unpaired) electrons. The molecule has 0 saturated carbocycles. The van der Waals surface area contributed by atoms with E-state index >= 15 is 0 Å². The highest BCUT2D eigenvalue weighted by Gasteiger charge is 2.40. The molecule has 2 aromatic rings. The molecule has 2 unspecified atom stereocenters. The molecule has 11 nitrogen and oxygen atoms in total. The van der Waals surface area contributed by atoms with Gasteiger partial charge in [0.05, 0.1) is 4.90 Å². The van der Waals surface area contributed by atoms with Crippen LogP contribution in [0.4, 0.5) is 0 Å². The number of nitrogens with zero attached hydrogens (tertiary/aromatic N) is 1. The lowest BCUT2D eigenvalue weighted by atomic mass is 10.0. The first kappa shape index (κ1) is 30.3. The molecule has 2 aromatic carbocycles. The monoisotopic (exact) mass is 569 g/mol.